The highest BCUT2D eigenvalue weighted by Crippen LogP contribution is 2.17. The zero-order valence-corrected chi connectivity index (χ0v) is 12.6. The normalized spacial score (nSPS) is 11.4. The number of nitrogens with one attached hydrogen (secondary N) is 1. The molecule has 0 spiro atoms. The summed E-state index contributed by atoms with van der Waals surface area (Å²) in [5.74, 6) is 7.12. The van der Waals surface area contributed by atoms with Gasteiger partial charge in [0.15, 0.2) is 5.82 Å². The van der Waals surface area contributed by atoms with Crippen LogP contribution in [0.5, 0.6) is 0 Å². The molecular formula is C12H20N6S. The Morgan fingerprint density at radius 3 is 2.58 bits per heavy atom. The van der Waals surface area contributed by atoms with E-state index in [1.54, 1.807) is 0 Å². The van der Waals surface area contributed by atoms with Gasteiger partial charge in [-0.3, -0.25) is 9.78 Å². The van der Waals surface area contributed by atoms with Crippen LogP contribution in [0.2, 0.25) is 0 Å². The maximum Gasteiger partial charge on any atom is 0.214 e. The Labute approximate surface area is 117 Å². The van der Waals surface area contributed by atoms with Gasteiger partial charge in [-0.25, -0.2) is 4.68 Å². The average molecular weight is 280 g/mol. The van der Waals surface area contributed by atoms with Gasteiger partial charge < -0.3 is 5.84 Å². The van der Waals surface area contributed by atoms with E-state index in [4.69, 9.17) is 18.1 Å². The number of aryl methyl sites for hydroxylation is 1. The van der Waals surface area contributed by atoms with Gasteiger partial charge in [0.25, 0.3) is 0 Å². The van der Waals surface area contributed by atoms with Crippen molar-refractivity contribution < 1.29 is 0 Å². The third-order valence-electron chi connectivity index (χ3n) is 3.18. The van der Waals surface area contributed by atoms with Crippen LogP contribution in [-0.4, -0.2) is 24.7 Å². The molecule has 0 unspecified atom stereocenters. The van der Waals surface area contributed by atoms with Crippen molar-refractivity contribution in [2.75, 3.05) is 5.84 Å². The van der Waals surface area contributed by atoms with Gasteiger partial charge in [0, 0.05) is 24.2 Å². The highest BCUT2D eigenvalue weighted by molar-refractivity contribution is 7.71. The predicted octanol–water partition coefficient (Wildman–Crippen LogP) is 1.71. The molecule has 104 valence electrons. The summed E-state index contributed by atoms with van der Waals surface area (Å²) in [6, 6.07) is 0. The first-order valence-corrected chi connectivity index (χ1v) is 6.75. The van der Waals surface area contributed by atoms with E-state index in [-0.39, 0.29) is 0 Å². The molecule has 0 aliphatic rings. The van der Waals surface area contributed by atoms with Gasteiger partial charge in [-0.05, 0) is 32.0 Å². The van der Waals surface area contributed by atoms with E-state index in [9.17, 15) is 0 Å². The lowest BCUT2D eigenvalue weighted by Gasteiger charge is -2.07. The van der Waals surface area contributed by atoms with Crippen molar-refractivity contribution in [3.8, 4) is 0 Å². The average Bonchev–Trinajstić information content (AvgIpc) is 2.76. The molecule has 0 atom stereocenters. The van der Waals surface area contributed by atoms with Crippen LogP contribution < -0.4 is 5.84 Å². The van der Waals surface area contributed by atoms with E-state index in [1.807, 2.05) is 6.92 Å². The molecule has 0 saturated heterocycles. The van der Waals surface area contributed by atoms with Crippen LogP contribution in [0.4, 0.5) is 0 Å². The molecule has 19 heavy (non-hydrogen) atoms. The summed E-state index contributed by atoms with van der Waals surface area (Å²) in [6.45, 7) is 9.38. The Kier molecular flexibility index (Phi) is 3.75. The van der Waals surface area contributed by atoms with Crippen molar-refractivity contribution in [2.24, 2.45) is 5.92 Å². The maximum atomic E-state index is 5.83. The van der Waals surface area contributed by atoms with Crippen LogP contribution in [0.15, 0.2) is 0 Å². The molecule has 0 aliphatic carbocycles. The van der Waals surface area contributed by atoms with E-state index in [1.165, 1.54) is 15.9 Å². The van der Waals surface area contributed by atoms with Crippen molar-refractivity contribution >= 4 is 12.2 Å². The number of hydrogen-bond acceptors (Lipinski definition) is 4. The largest absolute Gasteiger partial charge is 0.335 e. The Morgan fingerprint density at radius 1 is 1.37 bits per heavy atom. The second-order valence-electron chi connectivity index (χ2n) is 5.22. The van der Waals surface area contributed by atoms with Crippen molar-refractivity contribution in [3.63, 3.8) is 0 Å². The summed E-state index contributed by atoms with van der Waals surface area (Å²) >= 11 is 5.02. The number of nitrogens with zero attached hydrogens (tertiary/aromatic N) is 4. The van der Waals surface area contributed by atoms with Crippen molar-refractivity contribution in [1.29, 1.82) is 0 Å². The molecule has 7 heteroatoms. The predicted molar refractivity (Wildman–Crippen MR) is 76.9 cm³/mol. The highest BCUT2D eigenvalue weighted by atomic mass is 32.1. The molecule has 2 aromatic rings. The third kappa shape index (κ3) is 2.70. The maximum absolute atomic E-state index is 5.83. The molecule has 0 aliphatic heterocycles. The third-order valence-corrected chi connectivity index (χ3v) is 3.47. The zero-order chi connectivity index (χ0) is 14.2. The van der Waals surface area contributed by atoms with Gasteiger partial charge in [-0.1, -0.05) is 13.8 Å². The fourth-order valence-corrected chi connectivity index (χ4v) is 2.28. The van der Waals surface area contributed by atoms with Gasteiger partial charge >= 0.3 is 0 Å². The first-order chi connectivity index (χ1) is 8.90. The summed E-state index contributed by atoms with van der Waals surface area (Å²) in [4.78, 5) is 0. The van der Waals surface area contributed by atoms with E-state index >= 15 is 0 Å². The summed E-state index contributed by atoms with van der Waals surface area (Å²) in [6.07, 6.45) is 0.638. The monoisotopic (exact) mass is 280 g/mol. The van der Waals surface area contributed by atoms with Gasteiger partial charge in [0.1, 0.15) is 0 Å². The minimum atomic E-state index is 0.430. The Balaban J connectivity index is 2.33. The summed E-state index contributed by atoms with van der Waals surface area (Å²) in [5.41, 5.74) is 3.36. The van der Waals surface area contributed by atoms with Gasteiger partial charge in [0.05, 0.1) is 5.69 Å². The Bertz CT molecular complexity index is 633. The smallest absolute Gasteiger partial charge is 0.214 e. The lowest BCUT2D eigenvalue weighted by Crippen LogP contribution is -2.13. The highest BCUT2D eigenvalue weighted by Gasteiger charge is 2.15. The lowest BCUT2D eigenvalue weighted by molar-refractivity contribution is 0.472. The molecule has 0 radical (unpaired) electrons. The number of H-pyrrole nitrogens is 1. The topological polar surface area (TPSA) is 77.5 Å². The van der Waals surface area contributed by atoms with E-state index < -0.39 is 0 Å². The standard InChI is InChI=1S/C12H20N6S/c1-7(2)6-17-9(4)10(8(3)16-17)5-11-14-15-12(19)18(11)13/h7H,5-6,13H2,1-4H3,(H,15,19). The van der Waals surface area contributed by atoms with Crippen LogP contribution in [0.1, 0.15) is 36.6 Å². The van der Waals surface area contributed by atoms with Crippen molar-refractivity contribution in [2.45, 2.75) is 40.7 Å². The summed E-state index contributed by atoms with van der Waals surface area (Å²) in [7, 11) is 0. The first-order valence-electron chi connectivity index (χ1n) is 6.34. The molecule has 0 saturated carbocycles. The minimum absolute atomic E-state index is 0.430. The fraction of sp³-hybridized carbons (Fsp3) is 0.583. The lowest BCUT2D eigenvalue weighted by atomic mass is 10.1. The summed E-state index contributed by atoms with van der Waals surface area (Å²) in [5, 5.41) is 11.4. The number of aromatic nitrogens is 5. The molecule has 0 amide bonds. The van der Waals surface area contributed by atoms with Crippen LogP contribution in [0.25, 0.3) is 0 Å². The fourth-order valence-electron chi connectivity index (χ4n) is 2.13. The van der Waals surface area contributed by atoms with E-state index in [0.717, 1.165) is 18.1 Å². The molecule has 0 aromatic carbocycles. The molecule has 2 aromatic heterocycles. The van der Waals surface area contributed by atoms with Crippen LogP contribution in [0.3, 0.4) is 0 Å². The molecule has 6 nitrogen and oxygen atoms in total. The summed E-state index contributed by atoms with van der Waals surface area (Å²) < 4.78 is 3.89. The number of rotatable bonds is 4. The second kappa shape index (κ2) is 5.16. The van der Waals surface area contributed by atoms with E-state index in [0.29, 0.717) is 17.1 Å². The van der Waals surface area contributed by atoms with Crippen molar-refractivity contribution in [3.05, 3.63) is 27.5 Å². The molecular weight excluding hydrogens is 260 g/mol. The van der Waals surface area contributed by atoms with E-state index in [2.05, 4.69) is 40.7 Å². The molecule has 2 rings (SSSR count). The Hall–Kier alpha value is -1.63. The van der Waals surface area contributed by atoms with Gasteiger partial charge in [0.2, 0.25) is 4.77 Å². The number of nitrogens with two attached hydrogens (primary N) is 1. The SMILES string of the molecule is Cc1nn(CC(C)C)c(C)c1Cc1n[nH]c(=S)n1N. The minimum Gasteiger partial charge on any atom is -0.335 e. The first kappa shape index (κ1) is 13.8. The molecule has 0 fully saturated rings. The molecule has 0 bridgehead atoms. The van der Waals surface area contributed by atoms with Crippen LogP contribution >= 0.6 is 12.2 Å². The van der Waals surface area contributed by atoms with Gasteiger partial charge in [-0.15, -0.1) is 0 Å². The Morgan fingerprint density at radius 2 is 2.05 bits per heavy atom. The van der Waals surface area contributed by atoms with Gasteiger partial charge in [-0.2, -0.15) is 10.2 Å². The number of hydrogen-bond donors (Lipinski definition) is 2. The molecule has 2 heterocycles. The zero-order valence-electron chi connectivity index (χ0n) is 11.8. The second-order valence-corrected chi connectivity index (χ2v) is 5.60. The quantitative estimate of drug-likeness (QED) is 0.660. The number of nitrogen functional groups attached to an aromatic ring is 1. The van der Waals surface area contributed by atoms with Crippen LogP contribution in [0, 0.1) is 24.5 Å². The number of aromatic amines is 1. The van der Waals surface area contributed by atoms with Crippen LogP contribution in [-0.2, 0) is 13.0 Å². The van der Waals surface area contributed by atoms with Crippen molar-refractivity contribution in [1.82, 2.24) is 24.7 Å². The molecule has 3 N–H and O–H groups in total.